The van der Waals surface area contributed by atoms with Gasteiger partial charge in [-0.2, -0.15) is 0 Å². The van der Waals surface area contributed by atoms with Crippen LogP contribution < -0.4 is 4.74 Å². The van der Waals surface area contributed by atoms with Gasteiger partial charge in [-0.05, 0) is 30.7 Å². The topological polar surface area (TPSA) is 35.5 Å². The molecule has 0 aromatic heterocycles. The molecule has 1 aliphatic carbocycles. The molecule has 0 saturated heterocycles. The van der Waals surface area contributed by atoms with Gasteiger partial charge in [-0.25, -0.2) is 0 Å². The van der Waals surface area contributed by atoms with Gasteiger partial charge in [0.1, 0.15) is 5.75 Å². The lowest BCUT2D eigenvalue weighted by atomic mass is 9.91. The third-order valence-corrected chi connectivity index (χ3v) is 2.81. The van der Waals surface area contributed by atoms with Crippen molar-refractivity contribution < 1.29 is 14.3 Å². The van der Waals surface area contributed by atoms with Crippen LogP contribution in [0.15, 0.2) is 24.3 Å². The lowest BCUT2D eigenvalue weighted by molar-refractivity contribution is -0.223. The van der Waals surface area contributed by atoms with Gasteiger partial charge in [0.25, 0.3) is 5.79 Å². The summed E-state index contributed by atoms with van der Waals surface area (Å²) in [6.45, 7) is 1.39. The largest absolute Gasteiger partial charge is 0.452 e. The Bertz CT molecular complexity index is 382. The maximum atomic E-state index is 11.0. The fraction of sp³-hybridized carbons (Fsp3) is 0.417. The van der Waals surface area contributed by atoms with Crippen LogP contribution in [-0.4, -0.2) is 11.8 Å². The smallest absolute Gasteiger partial charge is 0.305 e. The van der Waals surface area contributed by atoms with E-state index in [0.717, 1.165) is 19.3 Å². The van der Waals surface area contributed by atoms with E-state index >= 15 is 0 Å². The highest BCUT2D eigenvalue weighted by molar-refractivity contribution is 6.30. The van der Waals surface area contributed by atoms with Crippen molar-refractivity contribution in [1.82, 2.24) is 0 Å². The highest BCUT2D eigenvalue weighted by Gasteiger charge is 2.42. The molecule has 0 N–H and O–H groups in total. The van der Waals surface area contributed by atoms with Gasteiger partial charge in [-0.1, -0.05) is 11.6 Å². The highest BCUT2D eigenvalue weighted by Crippen LogP contribution is 2.38. The molecular formula is C12H13ClO3. The Morgan fingerprint density at radius 3 is 2.38 bits per heavy atom. The first-order chi connectivity index (χ1) is 7.60. The van der Waals surface area contributed by atoms with Crippen LogP contribution in [0.5, 0.6) is 5.75 Å². The quantitative estimate of drug-likeness (QED) is 0.601. The van der Waals surface area contributed by atoms with Crippen LogP contribution in [0.25, 0.3) is 0 Å². The number of carbonyl (C=O) groups excluding carboxylic acids is 1. The van der Waals surface area contributed by atoms with Gasteiger partial charge in [0.2, 0.25) is 0 Å². The van der Waals surface area contributed by atoms with E-state index in [-0.39, 0.29) is 5.97 Å². The molecule has 1 aromatic rings. The number of hydrogen-bond donors (Lipinski definition) is 0. The summed E-state index contributed by atoms with van der Waals surface area (Å²) < 4.78 is 10.9. The van der Waals surface area contributed by atoms with Crippen LogP contribution in [-0.2, 0) is 9.53 Å². The lowest BCUT2D eigenvalue weighted by Gasteiger charge is -2.40. The van der Waals surface area contributed by atoms with Gasteiger partial charge in [0.15, 0.2) is 0 Å². The van der Waals surface area contributed by atoms with Crippen LogP contribution in [0.1, 0.15) is 26.2 Å². The summed E-state index contributed by atoms with van der Waals surface area (Å²) in [5.41, 5.74) is 0. The van der Waals surface area contributed by atoms with Gasteiger partial charge in [-0.3, -0.25) is 4.79 Å². The number of ether oxygens (including phenoxy) is 2. The number of benzene rings is 1. The summed E-state index contributed by atoms with van der Waals surface area (Å²) in [6, 6.07) is 7.03. The van der Waals surface area contributed by atoms with Crippen molar-refractivity contribution in [3.8, 4) is 5.75 Å². The molecule has 0 heterocycles. The van der Waals surface area contributed by atoms with Crippen molar-refractivity contribution in [3.63, 3.8) is 0 Å². The lowest BCUT2D eigenvalue weighted by Crippen LogP contribution is -2.46. The Kier molecular flexibility index (Phi) is 3.06. The monoisotopic (exact) mass is 240 g/mol. The summed E-state index contributed by atoms with van der Waals surface area (Å²) in [6.07, 6.45) is 2.51. The minimum absolute atomic E-state index is 0.311. The number of hydrogen-bond acceptors (Lipinski definition) is 3. The Hall–Kier alpha value is -1.22. The molecule has 4 heteroatoms. The summed E-state index contributed by atoms with van der Waals surface area (Å²) in [5.74, 6) is -0.390. The zero-order valence-electron chi connectivity index (χ0n) is 9.03. The van der Waals surface area contributed by atoms with E-state index in [1.807, 2.05) is 0 Å². The standard InChI is InChI=1S/C12H13ClO3/c1-9(14)15-12(7-2-8-12)16-11-5-3-10(13)4-6-11/h3-6H,2,7-8H2,1H3. The Labute approximate surface area is 99.3 Å². The first kappa shape index (κ1) is 11.3. The Morgan fingerprint density at radius 2 is 1.94 bits per heavy atom. The SMILES string of the molecule is CC(=O)OC1(Oc2ccc(Cl)cc2)CCC1. The molecule has 0 aliphatic heterocycles. The van der Waals surface area contributed by atoms with Crippen molar-refractivity contribution in [3.05, 3.63) is 29.3 Å². The van der Waals surface area contributed by atoms with Gasteiger partial charge in [-0.15, -0.1) is 0 Å². The van der Waals surface area contributed by atoms with E-state index in [1.54, 1.807) is 24.3 Å². The molecule has 1 fully saturated rings. The van der Waals surface area contributed by atoms with Crippen LogP contribution in [0.4, 0.5) is 0 Å². The molecule has 0 bridgehead atoms. The predicted molar refractivity (Wildman–Crippen MR) is 60.4 cm³/mol. The second kappa shape index (κ2) is 4.34. The van der Waals surface area contributed by atoms with Crippen molar-refractivity contribution in [2.75, 3.05) is 0 Å². The minimum atomic E-state index is -0.750. The minimum Gasteiger partial charge on any atom is -0.452 e. The molecular weight excluding hydrogens is 228 g/mol. The van der Waals surface area contributed by atoms with E-state index in [1.165, 1.54) is 6.92 Å². The average molecular weight is 241 g/mol. The van der Waals surface area contributed by atoms with Crippen LogP contribution in [0, 0.1) is 0 Å². The first-order valence-corrected chi connectivity index (χ1v) is 5.62. The first-order valence-electron chi connectivity index (χ1n) is 5.24. The van der Waals surface area contributed by atoms with Crippen molar-refractivity contribution in [2.24, 2.45) is 0 Å². The van der Waals surface area contributed by atoms with Crippen molar-refractivity contribution in [2.45, 2.75) is 32.0 Å². The van der Waals surface area contributed by atoms with Crippen LogP contribution >= 0.6 is 11.6 Å². The molecule has 1 aliphatic rings. The van der Waals surface area contributed by atoms with Gasteiger partial charge >= 0.3 is 5.97 Å². The second-order valence-corrected chi connectivity index (χ2v) is 4.35. The summed E-state index contributed by atoms with van der Waals surface area (Å²) in [4.78, 5) is 11.0. The van der Waals surface area contributed by atoms with Crippen LogP contribution in [0.3, 0.4) is 0 Å². The molecule has 0 unspecified atom stereocenters. The number of rotatable bonds is 3. The van der Waals surface area contributed by atoms with Crippen molar-refractivity contribution in [1.29, 1.82) is 0 Å². The van der Waals surface area contributed by atoms with Gasteiger partial charge < -0.3 is 9.47 Å². The van der Waals surface area contributed by atoms with E-state index in [9.17, 15) is 4.79 Å². The van der Waals surface area contributed by atoms with Gasteiger partial charge in [0, 0.05) is 24.8 Å². The van der Waals surface area contributed by atoms with Crippen LogP contribution in [0.2, 0.25) is 5.02 Å². The number of carbonyl (C=O) groups is 1. The zero-order chi connectivity index (χ0) is 11.6. The second-order valence-electron chi connectivity index (χ2n) is 3.91. The van der Waals surface area contributed by atoms with E-state index in [2.05, 4.69) is 0 Å². The third-order valence-electron chi connectivity index (χ3n) is 2.56. The molecule has 16 heavy (non-hydrogen) atoms. The normalized spacial score (nSPS) is 17.4. The van der Waals surface area contributed by atoms with Gasteiger partial charge in [0.05, 0.1) is 0 Å². The molecule has 86 valence electrons. The fourth-order valence-corrected chi connectivity index (χ4v) is 1.80. The summed E-state index contributed by atoms with van der Waals surface area (Å²) >= 11 is 5.77. The fourth-order valence-electron chi connectivity index (χ4n) is 1.67. The molecule has 1 aromatic carbocycles. The molecule has 0 radical (unpaired) electrons. The number of halogens is 1. The maximum Gasteiger partial charge on any atom is 0.305 e. The molecule has 0 atom stereocenters. The summed E-state index contributed by atoms with van der Waals surface area (Å²) in [7, 11) is 0. The summed E-state index contributed by atoms with van der Waals surface area (Å²) in [5, 5.41) is 0.655. The molecule has 0 amide bonds. The molecule has 0 spiro atoms. The number of esters is 1. The average Bonchev–Trinajstić information content (AvgIpc) is 2.17. The zero-order valence-corrected chi connectivity index (χ0v) is 9.79. The highest BCUT2D eigenvalue weighted by atomic mass is 35.5. The van der Waals surface area contributed by atoms with E-state index in [0.29, 0.717) is 10.8 Å². The van der Waals surface area contributed by atoms with E-state index < -0.39 is 5.79 Å². The third kappa shape index (κ3) is 2.47. The molecule has 3 nitrogen and oxygen atoms in total. The van der Waals surface area contributed by atoms with Crippen molar-refractivity contribution >= 4 is 17.6 Å². The maximum absolute atomic E-state index is 11.0. The Morgan fingerprint density at radius 1 is 1.31 bits per heavy atom. The Balaban J connectivity index is 2.06. The van der Waals surface area contributed by atoms with E-state index in [4.69, 9.17) is 21.1 Å². The molecule has 2 rings (SSSR count). The predicted octanol–water partition coefficient (Wildman–Crippen LogP) is 3.16. The molecule has 1 saturated carbocycles.